The van der Waals surface area contributed by atoms with Crippen LogP contribution in [0.1, 0.15) is 24.9 Å². The van der Waals surface area contributed by atoms with E-state index in [2.05, 4.69) is 10.1 Å². The van der Waals surface area contributed by atoms with Crippen LogP contribution in [0.15, 0.2) is 18.2 Å². The molecule has 0 radical (unpaired) electrons. The van der Waals surface area contributed by atoms with Gasteiger partial charge in [0, 0.05) is 0 Å². The van der Waals surface area contributed by atoms with Crippen LogP contribution in [-0.2, 0) is 0 Å². The first-order valence-electron chi connectivity index (χ1n) is 6.09. The van der Waals surface area contributed by atoms with Gasteiger partial charge in [-0.15, -0.1) is 0 Å². The Morgan fingerprint density at radius 1 is 1.32 bits per heavy atom. The van der Waals surface area contributed by atoms with Gasteiger partial charge in [-0.05, 0) is 30.7 Å². The van der Waals surface area contributed by atoms with Crippen LogP contribution in [0.4, 0.5) is 8.78 Å². The highest BCUT2D eigenvalue weighted by atomic mass is 19.3. The van der Waals surface area contributed by atoms with Crippen molar-refractivity contribution >= 4 is 0 Å². The number of aliphatic hydroxyl groups is 1. The van der Waals surface area contributed by atoms with Gasteiger partial charge in [0.15, 0.2) is 11.5 Å². The molecule has 0 aromatic heterocycles. The van der Waals surface area contributed by atoms with E-state index in [4.69, 9.17) is 4.74 Å². The number of aliphatic hydroxyl groups excluding tert-OH is 1. The molecule has 6 heteroatoms. The van der Waals surface area contributed by atoms with E-state index < -0.39 is 6.61 Å². The van der Waals surface area contributed by atoms with Gasteiger partial charge in [-0.3, -0.25) is 0 Å². The van der Waals surface area contributed by atoms with Crippen molar-refractivity contribution in [2.24, 2.45) is 0 Å². The van der Waals surface area contributed by atoms with E-state index in [0.29, 0.717) is 5.56 Å². The SMILES string of the molecule is CCCNC(CO)c1ccc(OC)c(OC(F)F)c1. The van der Waals surface area contributed by atoms with Crippen LogP contribution in [0.3, 0.4) is 0 Å². The van der Waals surface area contributed by atoms with Gasteiger partial charge in [-0.1, -0.05) is 13.0 Å². The van der Waals surface area contributed by atoms with Gasteiger partial charge in [0.2, 0.25) is 0 Å². The second-order valence-electron chi connectivity index (χ2n) is 3.98. The molecule has 4 nitrogen and oxygen atoms in total. The average molecular weight is 275 g/mol. The van der Waals surface area contributed by atoms with Crippen molar-refractivity contribution in [3.63, 3.8) is 0 Å². The fourth-order valence-corrected chi connectivity index (χ4v) is 1.70. The molecule has 0 spiro atoms. The normalized spacial score (nSPS) is 12.5. The van der Waals surface area contributed by atoms with Crippen molar-refractivity contribution in [2.75, 3.05) is 20.3 Å². The first-order valence-corrected chi connectivity index (χ1v) is 6.09. The van der Waals surface area contributed by atoms with Gasteiger partial charge >= 0.3 is 6.61 Å². The van der Waals surface area contributed by atoms with Crippen molar-refractivity contribution in [1.29, 1.82) is 0 Å². The molecule has 1 atom stereocenters. The number of halogens is 2. The molecular formula is C13H19F2NO3. The third kappa shape index (κ3) is 4.65. The van der Waals surface area contributed by atoms with Crippen molar-refractivity contribution in [2.45, 2.75) is 26.0 Å². The maximum atomic E-state index is 12.3. The molecule has 1 aromatic rings. The molecule has 1 aromatic carbocycles. The lowest BCUT2D eigenvalue weighted by molar-refractivity contribution is -0.0512. The molecule has 0 saturated heterocycles. The summed E-state index contributed by atoms with van der Waals surface area (Å²) in [7, 11) is 1.38. The fourth-order valence-electron chi connectivity index (χ4n) is 1.70. The second kappa shape index (κ2) is 7.91. The number of methoxy groups -OCH3 is 1. The third-order valence-electron chi connectivity index (χ3n) is 2.63. The van der Waals surface area contributed by atoms with Gasteiger partial charge in [0.05, 0.1) is 19.8 Å². The number of nitrogens with one attached hydrogen (secondary N) is 1. The number of hydrogen-bond acceptors (Lipinski definition) is 4. The van der Waals surface area contributed by atoms with Crippen LogP contribution in [0.2, 0.25) is 0 Å². The van der Waals surface area contributed by atoms with Gasteiger partial charge in [-0.25, -0.2) is 0 Å². The van der Waals surface area contributed by atoms with Crippen molar-refractivity contribution < 1.29 is 23.4 Å². The van der Waals surface area contributed by atoms with E-state index in [1.165, 1.54) is 13.2 Å². The second-order valence-corrected chi connectivity index (χ2v) is 3.98. The quantitative estimate of drug-likeness (QED) is 0.764. The van der Waals surface area contributed by atoms with E-state index in [9.17, 15) is 13.9 Å². The maximum Gasteiger partial charge on any atom is 0.387 e. The summed E-state index contributed by atoms with van der Waals surface area (Å²) in [4.78, 5) is 0. The van der Waals surface area contributed by atoms with Crippen LogP contribution in [-0.4, -0.2) is 32.0 Å². The first kappa shape index (κ1) is 15.7. The molecule has 0 aliphatic rings. The van der Waals surface area contributed by atoms with E-state index in [1.54, 1.807) is 12.1 Å². The summed E-state index contributed by atoms with van der Waals surface area (Å²) in [5.41, 5.74) is 0.674. The predicted molar refractivity (Wildman–Crippen MR) is 67.7 cm³/mol. The Kier molecular flexibility index (Phi) is 6.52. The van der Waals surface area contributed by atoms with Gasteiger partial charge in [-0.2, -0.15) is 8.78 Å². The molecule has 1 rings (SSSR count). The van der Waals surface area contributed by atoms with Crippen LogP contribution in [0.5, 0.6) is 11.5 Å². The highest BCUT2D eigenvalue weighted by Crippen LogP contribution is 2.31. The average Bonchev–Trinajstić information content (AvgIpc) is 2.39. The highest BCUT2D eigenvalue weighted by molar-refractivity contribution is 5.44. The van der Waals surface area contributed by atoms with Gasteiger partial charge < -0.3 is 19.9 Å². The Morgan fingerprint density at radius 3 is 2.58 bits per heavy atom. The van der Waals surface area contributed by atoms with Crippen LogP contribution >= 0.6 is 0 Å². The Bertz CT molecular complexity index is 388. The Labute approximate surface area is 111 Å². The molecule has 0 heterocycles. The van der Waals surface area contributed by atoms with E-state index in [0.717, 1.165) is 13.0 Å². The standard InChI is InChI=1S/C13H19F2NO3/c1-3-6-16-10(8-17)9-4-5-11(18-2)12(7-9)19-13(14)15/h4-5,7,10,13,16-17H,3,6,8H2,1-2H3. The molecule has 0 bridgehead atoms. The lowest BCUT2D eigenvalue weighted by Crippen LogP contribution is -2.25. The molecule has 0 amide bonds. The Hall–Kier alpha value is -1.40. The van der Waals surface area contributed by atoms with Crippen LogP contribution in [0.25, 0.3) is 0 Å². The van der Waals surface area contributed by atoms with E-state index in [1.807, 2.05) is 6.92 Å². The summed E-state index contributed by atoms with van der Waals surface area (Å²) < 4.78 is 34.0. The minimum atomic E-state index is -2.92. The smallest absolute Gasteiger partial charge is 0.387 e. The minimum Gasteiger partial charge on any atom is -0.493 e. The molecule has 19 heavy (non-hydrogen) atoms. The molecule has 1 unspecified atom stereocenters. The van der Waals surface area contributed by atoms with E-state index >= 15 is 0 Å². The molecule has 0 aliphatic carbocycles. The summed E-state index contributed by atoms with van der Waals surface area (Å²) in [5.74, 6) is 0.197. The van der Waals surface area contributed by atoms with Crippen molar-refractivity contribution in [3.05, 3.63) is 23.8 Å². The number of rotatable bonds is 8. The summed E-state index contributed by atoms with van der Waals surface area (Å²) >= 11 is 0. The fraction of sp³-hybridized carbons (Fsp3) is 0.538. The predicted octanol–water partition coefficient (Wildman–Crippen LogP) is 2.33. The van der Waals surface area contributed by atoms with Crippen LogP contribution in [0, 0.1) is 0 Å². The van der Waals surface area contributed by atoms with E-state index in [-0.39, 0.29) is 24.1 Å². The number of alkyl halides is 2. The molecule has 2 N–H and O–H groups in total. The molecule has 0 aliphatic heterocycles. The Morgan fingerprint density at radius 2 is 2.05 bits per heavy atom. The molecule has 0 saturated carbocycles. The monoisotopic (exact) mass is 275 g/mol. The summed E-state index contributed by atoms with van der Waals surface area (Å²) in [6.07, 6.45) is 0.910. The molecule has 108 valence electrons. The lowest BCUT2D eigenvalue weighted by Gasteiger charge is -2.18. The third-order valence-corrected chi connectivity index (χ3v) is 2.63. The topological polar surface area (TPSA) is 50.7 Å². The number of ether oxygens (including phenoxy) is 2. The zero-order chi connectivity index (χ0) is 14.3. The Balaban J connectivity index is 2.94. The van der Waals surface area contributed by atoms with Crippen LogP contribution < -0.4 is 14.8 Å². The number of hydrogen-bond donors (Lipinski definition) is 2. The summed E-state index contributed by atoms with van der Waals surface area (Å²) in [6.45, 7) is -0.316. The largest absolute Gasteiger partial charge is 0.493 e. The maximum absolute atomic E-state index is 12.3. The molecular weight excluding hydrogens is 256 g/mol. The summed E-state index contributed by atoms with van der Waals surface area (Å²) in [5, 5.41) is 12.4. The lowest BCUT2D eigenvalue weighted by atomic mass is 10.1. The van der Waals surface area contributed by atoms with Crippen molar-refractivity contribution in [3.8, 4) is 11.5 Å². The number of benzene rings is 1. The van der Waals surface area contributed by atoms with Crippen molar-refractivity contribution in [1.82, 2.24) is 5.32 Å². The zero-order valence-electron chi connectivity index (χ0n) is 11.0. The minimum absolute atomic E-state index is 0.0354. The van der Waals surface area contributed by atoms with Gasteiger partial charge in [0.25, 0.3) is 0 Å². The zero-order valence-corrected chi connectivity index (χ0v) is 11.0. The van der Waals surface area contributed by atoms with Gasteiger partial charge in [0.1, 0.15) is 0 Å². The first-order chi connectivity index (χ1) is 9.12. The molecule has 0 fully saturated rings. The summed E-state index contributed by atoms with van der Waals surface area (Å²) in [6, 6.07) is 4.39. The highest BCUT2D eigenvalue weighted by Gasteiger charge is 2.15.